The summed E-state index contributed by atoms with van der Waals surface area (Å²) >= 11 is 0. The summed E-state index contributed by atoms with van der Waals surface area (Å²) in [6.45, 7) is 1.79. The first kappa shape index (κ1) is 25.0. The Labute approximate surface area is 213 Å². The SMILES string of the molecule is CCCC(NC(=O)Oc1ccc2c(c1)OCO2)C(=O)N1CCC2C1C(=O)CN2S(=O)(=O)c1ccccn1. The normalized spacial score (nSPS) is 21.5. The van der Waals surface area contributed by atoms with Gasteiger partial charge in [0.25, 0.3) is 10.0 Å². The third-order valence-corrected chi connectivity index (χ3v) is 8.38. The van der Waals surface area contributed by atoms with E-state index in [0.29, 0.717) is 30.8 Å². The first-order valence-electron chi connectivity index (χ1n) is 11.9. The van der Waals surface area contributed by atoms with Gasteiger partial charge >= 0.3 is 6.09 Å². The average molecular weight is 531 g/mol. The van der Waals surface area contributed by atoms with Crippen LogP contribution in [-0.2, 0) is 19.6 Å². The lowest BCUT2D eigenvalue weighted by atomic mass is 10.1. The molecule has 4 heterocycles. The van der Waals surface area contributed by atoms with Gasteiger partial charge in [-0.05, 0) is 37.1 Å². The average Bonchev–Trinajstić information content (AvgIpc) is 3.61. The molecule has 3 atom stereocenters. The highest BCUT2D eigenvalue weighted by molar-refractivity contribution is 7.89. The number of nitrogens with one attached hydrogen (secondary N) is 1. The van der Waals surface area contributed by atoms with E-state index in [1.807, 2.05) is 6.92 Å². The van der Waals surface area contributed by atoms with E-state index in [1.165, 1.54) is 23.2 Å². The van der Waals surface area contributed by atoms with Crippen molar-refractivity contribution in [1.29, 1.82) is 0 Å². The fourth-order valence-electron chi connectivity index (χ4n) is 4.93. The summed E-state index contributed by atoms with van der Waals surface area (Å²) < 4.78 is 43.3. The van der Waals surface area contributed by atoms with E-state index < -0.39 is 40.1 Å². The fourth-order valence-corrected chi connectivity index (χ4v) is 6.49. The Morgan fingerprint density at radius 1 is 1.22 bits per heavy atom. The summed E-state index contributed by atoms with van der Waals surface area (Å²) in [5.41, 5.74) is 0. The molecular formula is C24H26N4O8S. The summed E-state index contributed by atoms with van der Waals surface area (Å²) in [6.07, 6.45) is 1.73. The molecule has 0 radical (unpaired) electrons. The van der Waals surface area contributed by atoms with E-state index >= 15 is 0 Å². The van der Waals surface area contributed by atoms with Gasteiger partial charge < -0.3 is 24.4 Å². The third kappa shape index (κ3) is 4.71. The number of rotatable bonds is 7. The predicted octanol–water partition coefficient (Wildman–Crippen LogP) is 1.31. The molecule has 1 N–H and O–H groups in total. The topological polar surface area (TPSA) is 144 Å². The quantitative estimate of drug-likeness (QED) is 0.560. The third-order valence-electron chi connectivity index (χ3n) is 6.59. The first-order valence-corrected chi connectivity index (χ1v) is 13.4. The van der Waals surface area contributed by atoms with E-state index in [1.54, 1.807) is 24.3 Å². The van der Waals surface area contributed by atoms with Crippen LogP contribution in [0.4, 0.5) is 4.79 Å². The molecule has 3 unspecified atom stereocenters. The minimum absolute atomic E-state index is 0.0787. The van der Waals surface area contributed by atoms with Gasteiger partial charge in [-0.1, -0.05) is 19.4 Å². The van der Waals surface area contributed by atoms with Crippen molar-refractivity contribution in [2.75, 3.05) is 19.9 Å². The van der Waals surface area contributed by atoms with Gasteiger partial charge in [-0.25, -0.2) is 18.2 Å². The minimum Gasteiger partial charge on any atom is -0.454 e. The van der Waals surface area contributed by atoms with Crippen LogP contribution in [-0.4, -0.2) is 78.4 Å². The van der Waals surface area contributed by atoms with Crippen LogP contribution in [0.2, 0.25) is 0 Å². The lowest BCUT2D eigenvalue weighted by molar-refractivity contribution is -0.138. The van der Waals surface area contributed by atoms with Crippen molar-refractivity contribution in [3.05, 3.63) is 42.6 Å². The molecule has 2 amide bonds. The van der Waals surface area contributed by atoms with Crippen molar-refractivity contribution in [1.82, 2.24) is 19.5 Å². The summed E-state index contributed by atoms with van der Waals surface area (Å²) in [7, 11) is -4.01. The van der Waals surface area contributed by atoms with E-state index in [-0.39, 0.29) is 36.4 Å². The number of nitrogens with zero attached hydrogens (tertiary/aromatic N) is 3. The number of amides is 2. The number of benzene rings is 1. The second-order valence-electron chi connectivity index (χ2n) is 8.91. The van der Waals surface area contributed by atoms with Gasteiger partial charge in [-0.3, -0.25) is 9.59 Å². The number of hydrogen-bond acceptors (Lipinski definition) is 9. The molecule has 2 aromatic rings. The van der Waals surface area contributed by atoms with Crippen molar-refractivity contribution in [2.24, 2.45) is 0 Å². The second-order valence-corrected chi connectivity index (χ2v) is 10.7. The zero-order chi connectivity index (χ0) is 26.2. The van der Waals surface area contributed by atoms with Crippen LogP contribution in [0.3, 0.4) is 0 Å². The fraction of sp³-hybridized carbons (Fsp3) is 0.417. The van der Waals surface area contributed by atoms with Crippen molar-refractivity contribution in [3.8, 4) is 17.2 Å². The Morgan fingerprint density at radius 2 is 2.03 bits per heavy atom. The highest BCUT2D eigenvalue weighted by Crippen LogP contribution is 2.36. The highest BCUT2D eigenvalue weighted by Gasteiger charge is 2.54. The van der Waals surface area contributed by atoms with Crippen LogP contribution < -0.4 is 19.5 Å². The molecule has 196 valence electrons. The van der Waals surface area contributed by atoms with Gasteiger partial charge in [0.15, 0.2) is 22.3 Å². The standard InChI is InChI=1S/C24H26N4O8S/c1-2-5-16(26-24(31)36-15-7-8-19-20(12-15)35-14-34-19)23(30)27-11-9-17-22(27)18(29)13-28(17)37(32,33)21-6-3-4-10-25-21/h3-4,6-8,10,12,16-17,22H,2,5,9,11,13-14H2,1H3,(H,26,31). The number of aromatic nitrogens is 1. The molecule has 0 spiro atoms. The van der Waals surface area contributed by atoms with Crippen LogP contribution >= 0.6 is 0 Å². The van der Waals surface area contributed by atoms with Crippen molar-refractivity contribution in [3.63, 3.8) is 0 Å². The highest BCUT2D eigenvalue weighted by atomic mass is 32.2. The number of likely N-dealkylation sites (tertiary alicyclic amines) is 1. The maximum Gasteiger partial charge on any atom is 0.413 e. The van der Waals surface area contributed by atoms with Crippen molar-refractivity contribution in [2.45, 2.75) is 49.3 Å². The van der Waals surface area contributed by atoms with Crippen LogP contribution in [0, 0.1) is 0 Å². The van der Waals surface area contributed by atoms with Gasteiger partial charge in [-0.15, -0.1) is 0 Å². The molecule has 13 heteroatoms. The Morgan fingerprint density at radius 3 is 2.78 bits per heavy atom. The summed E-state index contributed by atoms with van der Waals surface area (Å²) in [5, 5.41) is 2.45. The molecular weight excluding hydrogens is 504 g/mol. The Kier molecular flexibility index (Phi) is 6.73. The lowest BCUT2D eigenvalue weighted by Crippen LogP contribution is -2.53. The largest absolute Gasteiger partial charge is 0.454 e. The summed E-state index contributed by atoms with van der Waals surface area (Å²) in [4.78, 5) is 44.3. The maximum absolute atomic E-state index is 13.5. The summed E-state index contributed by atoms with van der Waals surface area (Å²) in [5.74, 6) is 0.373. The zero-order valence-corrected chi connectivity index (χ0v) is 20.8. The molecule has 0 bridgehead atoms. The Bertz CT molecular complexity index is 1320. The molecule has 12 nitrogen and oxygen atoms in total. The first-order chi connectivity index (χ1) is 17.8. The molecule has 2 saturated heterocycles. The number of carbonyl (C=O) groups excluding carboxylic acids is 3. The number of ketones is 1. The van der Waals surface area contributed by atoms with Crippen LogP contribution in [0.1, 0.15) is 26.2 Å². The van der Waals surface area contributed by atoms with Crippen LogP contribution in [0.5, 0.6) is 17.2 Å². The van der Waals surface area contributed by atoms with E-state index in [4.69, 9.17) is 14.2 Å². The molecule has 1 aromatic heterocycles. The molecule has 3 aliphatic heterocycles. The van der Waals surface area contributed by atoms with Gasteiger partial charge in [0.1, 0.15) is 17.8 Å². The van der Waals surface area contributed by atoms with E-state index in [9.17, 15) is 22.8 Å². The smallest absolute Gasteiger partial charge is 0.413 e. The number of fused-ring (bicyclic) bond motifs is 2. The van der Waals surface area contributed by atoms with Gasteiger partial charge in [0.05, 0.1) is 12.6 Å². The maximum atomic E-state index is 13.5. The monoisotopic (exact) mass is 530 g/mol. The number of ether oxygens (including phenoxy) is 3. The van der Waals surface area contributed by atoms with Crippen molar-refractivity contribution < 1.29 is 37.0 Å². The van der Waals surface area contributed by atoms with Crippen LogP contribution in [0.15, 0.2) is 47.6 Å². The Balaban J connectivity index is 1.28. The Hall–Kier alpha value is -3.71. The molecule has 0 saturated carbocycles. The zero-order valence-electron chi connectivity index (χ0n) is 20.0. The number of sulfonamides is 1. The molecule has 1 aromatic carbocycles. The lowest BCUT2D eigenvalue weighted by Gasteiger charge is -2.28. The van der Waals surface area contributed by atoms with Crippen molar-refractivity contribution >= 4 is 27.8 Å². The minimum atomic E-state index is -4.01. The van der Waals surface area contributed by atoms with Gasteiger partial charge in [0.2, 0.25) is 12.7 Å². The molecule has 3 aliphatic rings. The van der Waals surface area contributed by atoms with E-state index in [2.05, 4.69) is 10.3 Å². The number of hydrogen-bond donors (Lipinski definition) is 1. The second kappa shape index (κ2) is 9.98. The molecule has 2 fully saturated rings. The summed E-state index contributed by atoms with van der Waals surface area (Å²) in [6, 6.07) is 6.65. The van der Waals surface area contributed by atoms with E-state index in [0.717, 1.165) is 4.31 Å². The number of Topliss-reactive ketones (excluding diaryl/α,β-unsaturated/α-hetero) is 1. The molecule has 37 heavy (non-hydrogen) atoms. The van der Waals surface area contributed by atoms with Crippen LogP contribution in [0.25, 0.3) is 0 Å². The van der Waals surface area contributed by atoms with Gasteiger partial charge in [0, 0.05) is 18.8 Å². The number of pyridine rings is 1. The van der Waals surface area contributed by atoms with Gasteiger partial charge in [-0.2, -0.15) is 4.31 Å². The molecule has 0 aliphatic carbocycles. The predicted molar refractivity (Wildman–Crippen MR) is 127 cm³/mol. The molecule has 5 rings (SSSR count). The number of carbonyl (C=O) groups is 3.